The zero-order chi connectivity index (χ0) is 24.1. The number of nitrogens with one attached hydrogen (secondary N) is 2. The smallest absolute Gasteiger partial charge is 0.137 e. The van der Waals surface area contributed by atoms with Crippen LogP contribution in [0.3, 0.4) is 0 Å². The van der Waals surface area contributed by atoms with E-state index < -0.39 is 0 Å². The summed E-state index contributed by atoms with van der Waals surface area (Å²) in [4.78, 5) is 13.4. The molecule has 0 atom stereocenters. The number of hydrogen-bond acceptors (Lipinski definition) is 6. The molecule has 1 saturated carbocycles. The summed E-state index contributed by atoms with van der Waals surface area (Å²) in [6.45, 7) is 9.28. The van der Waals surface area contributed by atoms with E-state index in [0.717, 1.165) is 40.0 Å². The number of fused-ring (bicyclic) bond motifs is 1. The highest BCUT2D eigenvalue weighted by Gasteiger charge is 2.23. The van der Waals surface area contributed by atoms with Gasteiger partial charge in [-0.15, -0.1) is 0 Å². The SMILES string of the molecule is CC.Cc1cc(C#N)cc(C)c1CNc1cc(NCc2cn3cc(C4CC4)ccc3n2)ncn1. The predicted molar refractivity (Wildman–Crippen MR) is 136 cm³/mol. The average Bonchev–Trinajstić information content (AvgIpc) is 3.62. The molecule has 7 heteroatoms. The molecule has 0 amide bonds. The lowest BCUT2D eigenvalue weighted by Gasteiger charge is -2.12. The molecule has 7 nitrogen and oxygen atoms in total. The fourth-order valence-electron chi connectivity index (χ4n) is 4.05. The molecule has 2 N–H and O–H groups in total. The zero-order valence-corrected chi connectivity index (χ0v) is 20.3. The molecule has 1 aromatic carbocycles. The first kappa shape index (κ1) is 23.2. The van der Waals surface area contributed by atoms with E-state index in [1.165, 1.54) is 24.0 Å². The predicted octanol–water partition coefficient (Wildman–Crippen LogP) is 5.74. The average molecular weight is 454 g/mol. The Kier molecular flexibility index (Phi) is 7.07. The van der Waals surface area contributed by atoms with E-state index >= 15 is 0 Å². The Bertz CT molecular complexity index is 1310. The minimum Gasteiger partial charge on any atom is -0.366 e. The van der Waals surface area contributed by atoms with Gasteiger partial charge < -0.3 is 15.0 Å². The summed E-state index contributed by atoms with van der Waals surface area (Å²) in [5.41, 5.74) is 7.38. The van der Waals surface area contributed by atoms with Crippen LogP contribution >= 0.6 is 0 Å². The Morgan fingerprint density at radius 1 is 0.971 bits per heavy atom. The molecular formula is C27H31N7. The standard InChI is InChI=1S/C25H25N7.C2H6/c1-16-7-18(10-26)8-17(2)22(16)12-28-24-9-23(29-15-30-24)27-11-21-14-32-13-20(19-3-4-19)5-6-25(32)31-21;1-2/h5-9,13-15,19H,3-4,11-12H2,1-2H3,(H2,27,28,29,30);1-2H3. The minimum atomic E-state index is 0.588. The third-order valence-corrected chi connectivity index (χ3v) is 5.96. The maximum Gasteiger partial charge on any atom is 0.137 e. The number of nitrogens with zero attached hydrogens (tertiary/aromatic N) is 5. The number of imidazole rings is 1. The molecular weight excluding hydrogens is 422 g/mol. The third-order valence-electron chi connectivity index (χ3n) is 5.96. The lowest BCUT2D eigenvalue weighted by molar-refractivity contribution is 1.02. The number of pyridine rings is 1. The second-order valence-electron chi connectivity index (χ2n) is 8.43. The minimum absolute atomic E-state index is 0.588. The summed E-state index contributed by atoms with van der Waals surface area (Å²) in [6.07, 6.45) is 8.41. The summed E-state index contributed by atoms with van der Waals surface area (Å²) in [5.74, 6) is 2.22. The molecule has 0 unspecified atom stereocenters. The van der Waals surface area contributed by atoms with Crippen molar-refractivity contribution in [1.82, 2.24) is 19.4 Å². The largest absolute Gasteiger partial charge is 0.366 e. The highest BCUT2D eigenvalue weighted by Crippen LogP contribution is 2.39. The molecule has 1 aliphatic carbocycles. The Labute approximate surface area is 200 Å². The fraction of sp³-hybridized carbons (Fsp3) is 0.333. The van der Waals surface area contributed by atoms with E-state index in [-0.39, 0.29) is 0 Å². The lowest BCUT2D eigenvalue weighted by Crippen LogP contribution is -2.07. The highest BCUT2D eigenvalue weighted by molar-refractivity contribution is 5.49. The number of aryl methyl sites for hydroxylation is 2. The maximum absolute atomic E-state index is 9.13. The van der Waals surface area contributed by atoms with Crippen molar-refractivity contribution < 1.29 is 0 Å². The van der Waals surface area contributed by atoms with E-state index in [2.05, 4.69) is 55.6 Å². The van der Waals surface area contributed by atoms with Gasteiger partial charge in [-0.3, -0.25) is 0 Å². The molecule has 0 saturated heterocycles. The molecule has 3 aromatic heterocycles. The van der Waals surface area contributed by atoms with E-state index in [0.29, 0.717) is 18.7 Å². The second-order valence-corrected chi connectivity index (χ2v) is 8.43. The molecule has 0 spiro atoms. The number of nitriles is 1. The van der Waals surface area contributed by atoms with E-state index in [1.54, 1.807) is 6.33 Å². The van der Waals surface area contributed by atoms with Crippen LogP contribution in [0.15, 0.2) is 49.1 Å². The first-order chi connectivity index (χ1) is 16.6. The van der Waals surface area contributed by atoms with E-state index in [4.69, 9.17) is 10.2 Å². The second kappa shape index (κ2) is 10.3. The molecule has 34 heavy (non-hydrogen) atoms. The van der Waals surface area contributed by atoms with Gasteiger partial charge in [-0.05, 0) is 73.1 Å². The first-order valence-corrected chi connectivity index (χ1v) is 11.9. The fourth-order valence-corrected chi connectivity index (χ4v) is 4.05. The van der Waals surface area contributed by atoms with Crippen LogP contribution < -0.4 is 10.6 Å². The van der Waals surface area contributed by atoms with Gasteiger partial charge >= 0.3 is 0 Å². The summed E-state index contributed by atoms with van der Waals surface area (Å²) in [5, 5.41) is 15.8. The Morgan fingerprint density at radius 2 is 1.65 bits per heavy atom. The van der Waals surface area contributed by atoms with Gasteiger partial charge in [0.25, 0.3) is 0 Å². The van der Waals surface area contributed by atoms with Gasteiger partial charge in [-0.1, -0.05) is 19.9 Å². The monoisotopic (exact) mass is 453 g/mol. The van der Waals surface area contributed by atoms with Crippen molar-refractivity contribution in [1.29, 1.82) is 5.26 Å². The van der Waals surface area contributed by atoms with Crippen LogP contribution in [0.25, 0.3) is 5.65 Å². The Hall–Kier alpha value is -3.92. The number of aromatic nitrogens is 4. The summed E-state index contributed by atoms with van der Waals surface area (Å²) in [7, 11) is 0. The van der Waals surface area contributed by atoms with Gasteiger partial charge in [0.2, 0.25) is 0 Å². The third kappa shape index (κ3) is 5.34. The van der Waals surface area contributed by atoms with Crippen molar-refractivity contribution in [3.05, 3.63) is 82.6 Å². The summed E-state index contributed by atoms with van der Waals surface area (Å²) < 4.78 is 2.11. The van der Waals surface area contributed by atoms with Crippen LogP contribution in [0.1, 0.15) is 66.1 Å². The van der Waals surface area contributed by atoms with Gasteiger partial charge in [0, 0.05) is 25.0 Å². The van der Waals surface area contributed by atoms with Gasteiger partial charge in [-0.25, -0.2) is 15.0 Å². The Morgan fingerprint density at radius 3 is 2.29 bits per heavy atom. The molecule has 1 fully saturated rings. The van der Waals surface area contributed by atoms with Crippen LogP contribution in [0.4, 0.5) is 11.6 Å². The van der Waals surface area contributed by atoms with Crippen molar-refractivity contribution >= 4 is 17.3 Å². The van der Waals surface area contributed by atoms with Gasteiger partial charge in [0.1, 0.15) is 23.6 Å². The van der Waals surface area contributed by atoms with Crippen molar-refractivity contribution in [2.75, 3.05) is 10.6 Å². The molecule has 0 radical (unpaired) electrons. The Balaban J connectivity index is 0.00000133. The van der Waals surface area contributed by atoms with Gasteiger partial charge in [-0.2, -0.15) is 5.26 Å². The normalized spacial score (nSPS) is 12.6. The van der Waals surface area contributed by atoms with Crippen molar-refractivity contribution in [2.24, 2.45) is 0 Å². The number of benzene rings is 1. The molecule has 1 aliphatic rings. The van der Waals surface area contributed by atoms with Crippen LogP contribution in [0.2, 0.25) is 0 Å². The van der Waals surface area contributed by atoms with Gasteiger partial charge in [0.15, 0.2) is 0 Å². The quantitative estimate of drug-likeness (QED) is 0.371. The van der Waals surface area contributed by atoms with Crippen LogP contribution in [-0.2, 0) is 13.1 Å². The summed E-state index contributed by atoms with van der Waals surface area (Å²) >= 11 is 0. The number of anilines is 2. The highest BCUT2D eigenvalue weighted by atomic mass is 15.1. The molecule has 0 bridgehead atoms. The molecule has 3 heterocycles. The molecule has 0 aliphatic heterocycles. The topological polar surface area (TPSA) is 90.9 Å². The van der Waals surface area contributed by atoms with Gasteiger partial charge in [0.05, 0.1) is 23.9 Å². The first-order valence-electron chi connectivity index (χ1n) is 11.9. The summed E-state index contributed by atoms with van der Waals surface area (Å²) in [6, 6.07) is 12.2. The maximum atomic E-state index is 9.13. The van der Waals surface area contributed by atoms with E-state index in [1.807, 2.05) is 45.9 Å². The zero-order valence-electron chi connectivity index (χ0n) is 20.3. The van der Waals surface area contributed by atoms with Crippen molar-refractivity contribution in [3.63, 3.8) is 0 Å². The van der Waals surface area contributed by atoms with Crippen molar-refractivity contribution in [3.8, 4) is 6.07 Å². The van der Waals surface area contributed by atoms with Crippen molar-refractivity contribution in [2.45, 2.75) is 59.5 Å². The molecule has 174 valence electrons. The molecule has 4 aromatic rings. The van der Waals surface area contributed by atoms with Crippen LogP contribution in [0.5, 0.6) is 0 Å². The number of hydrogen-bond donors (Lipinski definition) is 2. The molecule has 5 rings (SSSR count). The lowest BCUT2D eigenvalue weighted by atomic mass is 10.00. The van der Waals surface area contributed by atoms with Crippen LogP contribution in [-0.4, -0.2) is 19.4 Å². The number of rotatable bonds is 7. The van der Waals surface area contributed by atoms with Crippen LogP contribution in [0, 0.1) is 25.2 Å². The van der Waals surface area contributed by atoms with E-state index in [9.17, 15) is 0 Å².